The van der Waals surface area contributed by atoms with Gasteiger partial charge in [0.15, 0.2) is 0 Å². The summed E-state index contributed by atoms with van der Waals surface area (Å²) >= 11 is 0. The van der Waals surface area contributed by atoms with Gasteiger partial charge in [0.25, 0.3) is 0 Å². The molecule has 2 aliphatic carbocycles. The third-order valence-corrected chi connectivity index (χ3v) is 6.11. The van der Waals surface area contributed by atoms with Crippen LogP contribution in [0.25, 0.3) is 0 Å². The van der Waals surface area contributed by atoms with Crippen LogP contribution in [0.2, 0.25) is 0 Å². The molecule has 0 aromatic carbocycles. The van der Waals surface area contributed by atoms with Gasteiger partial charge < -0.3 is 5.73 Å². The Morgan fingerprint density at radius 2 is 1.50 bits per heavy atom. The summed E-state index contributed by atoms with van der Waals surface area (Å²) in [5, 5.41) is 0. The summed E-state index contributed by atoms with van der Waals surface area (Å²) in [4.78, 5) is 0. The SMILES string of the molecule is CC1CCC(C(N)C2CCC(C)(C)CC2)CC1C. The predicted molar refractivity (Wildman–Crippen MR) is 79.4 cm³/mol. The smallest absolute Gasteiger partial charge is 0.00957 e. The Hall–Kier alpha value is -0.0400. The molecule has 0 aromatic rings. The van der Waals surface area contributed by atoms with E-state index in [1.54, 1.807) is 0 Å². The van der Waals surface area contributed by atoms with Gasteiger partial charge in [0, 0.05) is 6.04 Å². The molecule has 106 valence electrons. The number of hydrogen-bond donors (Lipinski definition) is 1. The molecule has 0 heterocycles. The van der Waals surface area contributed by atoms with E-state index in [0.29, 0.717) is 11.5 Å². The Kier molecular flexibility index (Phi) is 4.41. The van der Waals surface area contributed by atoms with Crippen molar-refractivity contribution in [2.75, 3.05) is 0 Å². The Morgan fingerprint density at radius 3 is 2.06 bits per heavy atom. The van der Waals surface area contributed by atoms with Crippen molar-refractivity contribution < 1.29 is 0 Å². The van der Waals surface area contributed by atoms with Crippen molar-refractivity contribution in [2.24, 2.45) is 34.8 Å². The van der Waals surface area contributed by atoms with Gasteiger partial charge in [0.1, 0.15) is 0 Å². The van der Waals surface area contributed by atoms with Crippen molar-refractivity contribution in [2.45, 2.75) is 78.7 Å². The Bertz CT molecular complexity index is 261. The summed E-state index contributed by atoms with van der Waals surface area (Å²) < 4.78 is 0. The van der Waals surface area contributed by atoms with Gasteiger partial charge >= 0.3 is 0 Å². The molecular weight excluding hydrogens is 218 g/mol. The summed E-state index contributed by atoms with van der Waals surface area (Å²) in [6, 6.07) is 0.482. The minimum atomic E-state index is 0.482. The molecule has 1 nitrogen and oxygen atoms in total. The lowest BCUT2D eigenvalue weighted by Crippen LogP contribution is -2.43. The van der Waals surface area contributed by atoms with Gasteiger partial charge in [-0.25, -0.2) is 0 Å². The minimum absolute atomic E-state index is 0.482. The molecule has 2 rings (SSSR count). The van der Waals surface area contributed by atoms with Crippen molar-refractivity contribution in [1.29, 1.82) is 0 Å². The quantitative estimate of drug-likeness (QED) is 0.762. The lowest BCUT2D eigenvalue weighted by atomic mass is 9.65. The average molecular weight is 251 g/mol. The Morgan fingerprint density at radius 1 is 0.889 bits per heavy atom. The van der Waals surface area contributed by atoms with Gasteiger partial charge in [-0.15, -0.1) is 0 Å². The third kappa shape index (κ3) is 3.29. The Balaban J connectivity index is 1.86. The van der Waals surface area contributed by atoms with Crippen LogP contribution >= 0.6 is 0 Å². The van der Waals surface area contributed by atoms with Crippen molar-refractivity contribution in [1.82, 2.24) is 0 Å². The van der Waals surface area contributed by atoms with Gasteiger partial charge in [0.05, 0.1) is 0 Å². The molecule has 2 saturated carbocycles. The fraction of sp³-hybridized carbons (Fsp3) is 1.00. The zero-order chi connectivity index (χ0) is 13.3. The molecule has 2 fully saturated rings. The first-order valence-corrected chi connectivity index (χ1v) is 8.14. The second-order valence-electron chi connectivity index (χ2n) is 8.11. The van der Waals surface area contributed by atoms with Crippen LogP contribution in [0.1, 0.15) is 72.6 Å². The molecule has 2 aliphatic rings. The fourth-order valence-electron chi connectivity index (χ4n) is 4.13. The number of rotatable bonds is 2. The molecule has 0 radical (unpaired) electrons. The summed E-state index contributed by atoms with van der Waals surface area (Å²) in [7, 11) is 0. The zero-order valence-electron chi connectivity index (χ0n) is 12.9. The van der Waals surface area contributed by atoms with E-state index in [-0.39, 0.29) is 0 Å². The highest BCUT2D eigenvalue weighted by Gasteiger charge is 2.35. The summed E-state index contributed by atoms with van der Waals surface area (Å²) in [6.07, 6.45) is 9.66. The van der Waals surface area contributed by atoms with Crippen LogP contribution in [-0.2, 0) is 0 Å². The summed E-state index contributed by atoms with van der Waals surface area (Å²) in [5.41, 5.74) is 7.19. The van der Waals surface area contributed by atoms with E-state index in [1.165, 1.54) is 44.9 Å². The van der Waals surface area contributed by atoms with E-state index in [2.05, 4.69) is 27.7 Å². The van der Waals surface area contributed by atoms with E-state index in [1.807, 2.05) is 0 Å². The lowest BCUT2D eigenvalue weighted by molar-refractivity contribution is 0.114. The molecule has 0 bridgehead atoms. The van der Waals surface area contributed by atoms with Crippen LogP contribution in [0, 0.1) is 29.1 Å². The molecule has 0 spiro atoms. The molecule has 18 heavy (non-hydrogen) atoms. The van der Waals surface area contributed by atoms with Crippen molar-refractivity contribution in [3.8, 4) is 0 Å². The standard InChI is InChI=1S/C17H33N/c1-12-5-6-15(11-13(12)2)16(18)14-7-9-17(3,4)10-8-14/h12-16H,5-11,18H2,1-4H3. The molecule has 2 N–H and O–H groups in total. The maximum Gasteiger partial charge on any atom is 0.00957 e. The highest BCUT2D eigenvalue weighted by molar-refractivity contribution is 4.89. The van der Waals surface area contributed by atoms with Crippen LogP contribution in [0.5, 0.6) is 0 Å². The highest BCUT2D eigenvalue weighted by Crippen LogP contribution is 2.43. The van der Waals surface area contributed by atoms with E-state index < -0.39 is 0 Å². The van der Waals surface area contributed by atoms with E-state index in [0.717, 1.165) is 23.7 Å². The first-order chi connectivity index (χ1) is 8.39. The molecule has 0 aliphatic heterocycles. The largest absolute Gasteiger partial charge is 0.327 e. The topological polar surface area (TPSA) is 26.0 Å². The monoisotopic (exact) mass is 251 g/mol. The minimum Gasteiger partial charge on any atom is -0.327 e. The summed E-state index contributed by atoms with van der Waals surface area (Å²) in [5.74, 6) is 3.42. The van der Waals surface area contributed by atoms with Crippen LogP contribution in [0.4, 0.5) is 0 Å². The first-order valence-electron chi connectivity index (χ1n) is 8.14. The maximum absolute atomic E-state index is 6.62. The molecule has 0 saturated heterocycles. The fourth-order valence-corrected chi connectivity index (χ4v) is 4.13. The maximum atomic E-state index is 6.62. The van der Waals surface area contributed by atoms with E-state index >= 15 is 0 Å². The van der Waals surface area contributed by atoms with Gasteiger partial charge in [-0.05, 0) is 67.6 Å². The van der Waals surface area contributed by atoms with Crippen molar-refractivity contribution in [3.63, 3.8) is 0 Å². The van der Waals surface area contributed by atoms with Crippen molar-refractivity contribution in [3.05, 3.63) is 0 Å². The number of hydrogen-bond acceptors (Lipinski definition) is 1. The first kappa shape index (κ1) is 14.4. The van der Waals surface area contributed by atoms with Gasteiger partial charge in [0.2, 0.25) is 0 Å². The van der Waals surface area contributed by atoms with Gasteiger partial charge in [-0.2, -0.15) is 0 Å². The summed E-state index contributed by atoms with van der Waals surface area (Å²) in [6.45, 7) is 9.67. The second kappa shape index (κ2) is 5.53. The van der Waals surface area contributed by atoms with Gasteiger partial charge in [-0.1, -0.05) is 34.1 Å². The Labute approximate surface area is 114 Å². The molecule has 4 unspecified atom stereocenters. The lowest BCUT2D eigenvalue weighted by Gasteiger charge is -2.42. The van der Waals surface area contributed by atoms with Crippen LogP contribution in [-0.4, -0.2) is 6.04 Å². The van der Waals surface area contributed by atoms with Crippen LogP contribution < -0.4 is 5.73 Å². The van der Waals surface area contributed by atoms with Crippen molar-refractivity contribution >= 4 is 0 Å². The molecular formula is C17H33N. The van der Waals surface area contributed by atoms with Crippen LogP contribution in [0.3, 0.4) is 0 Å². The molecule has 0 aromatic heterocycles. The molecule has 4 atom stereocenters. The molecule has 0 amide bonds. The predicted octanol–water partition coefficient (Wildman–Crippen LogP) is 4.60. The zero-order valence-corrected chi connectivity index (χ0v) is 12.9. The second-order valence-corrected chi connectivity index (χ2v) is 8.11. The van der Waals surface area contributed by atoms with Crippen LogP contribution in [0.15, 0.2) is 0 Å². The molecule has 1 heteroatoms. The number of nitrogens with two attached hydrogens (primary N) is 1. The van der Waals surface area contributed by atoms with E-state index in [9.17, 15) is 0 Å². The normalized spacial score (nSPS) is 39.5. The third-order valence-electron chi connectivity index (χ3n) is 6.11. The highest BCUT2D eigenvalue weighted by atomic mass is 14.7. The van der Waals surface area contributed by atoms with E-state index in [4.69, 9.17) is 5.73 Å². The average Bonchev–Trinajstić information content (AvgIpc) is 2.32. The van der Waals surface area contributed by atoms with Gasteiger partial charge in [-0.3, -0.25) is 0 Å².